The molecule has 1 aliphatic heterocycles. The summed E-state index contributed by atoms with van der Waals surface area (Å²) in [4.78, 5) is 3.73. The Morgan fingerprint density at radius 3 is 2.56 bits per heavy atom. The SMILES string of the molecule is FC(F)(F)c1cccc2c1SCc1c-2[nH]c2c1ccc1ccccc12. The average molecular weight is 355 g/mol. The molecular weight excluding hydrogens is 343 g/mol. The molecule has 0 saturated carbocycles. The summed E-state index contributed by atoms with van der Waals surface area (Å²) in [5.41, 5.74) is 2.98. The molecule has 1 nitrogen and oxygen atoms in total. The van der Waals surface area contributed by atoms with Crippen LogP contribution in [0.2, 0.25) is 0 Å². The van der Waals surface area contributed by atoms with E-state index in [4.69, 9.17) is 0 Å². The fourth-order valence-electron chi connectivity index (χ4n) is 3.63. The van der Waals surface area contributed by atoms with Crippen LogP contribution >= 0.6 is 11.8 Å². The smallest absolute Gasteiger partial charge is 0.354 e. The predicted octanol–water partition coefficient (Wildman–Crippen LogP) is 6.61. The zero-order chi connectivity index (χ0) is 17.2. The van der Waals surface area contributed by atoms with Gasteiger partial charge in [0.15, 0.2) is 0 Å². The number of benzene rings is 3. The topological polar surface area (TPSA) is 15.8 Å². The Kier molecular flexibility index (Phi) is 3.01. The van der Waals surface area contributed by atoms with Gasteiger partial charge in [-0.3, -0.25) is 0 Å². The molecule has 25 heavy (non-hydrogen) atoms. The Labute approximate surface area is 145 Å². The van der Waals surface area contributed by atoms with Gasteiger partial charge in [-0.25, -0.2) is 0 Å². The molecule has 2 heterocycles. The summed E-state index contributed by atoms with van der Waals surface area (Å²) in [5, 5.41) is 3.29. The molecule has 3 aromatic carbocycles. The summed E-state index contributed by atoms with van der Waals surface area (Å²) in [5.74, 6) is 0.535. The van der Waals surface area contributed by atoms with Crippen molar-refractivity contribution in [2.75, 3.05) is 0 Å². The van der Waals surface area contributed by atoms with E-state index in [9.17, 15) is 13.2 Å². The number of aromatic nitrogens is 1. The van der Waals surface area contributed by atoms with Gasteiger partial charge < -0.3 is 4.98 Å². The van der Waals surface area contributed by atoms with Crippen molar-refractivity contribution in [3.05, 3.63) is 65.7 Å². The molecule has 0 unspecified atom stereocenters. The van der Waals surface area contributed by atoms with Crippen LogP contribution in [-0.4, -0.2) is 4.98 Å². The van der Waals surface area contributed by atoms with Crippen molar-refractivity contribution in [1.29, 1.82) is 0 Å². The quantitative estimate of drug-likeness (QED) is 0.375. The lowest BCUT2D eigenvalue weighted by Gasteiger charge is -2.20. The van der Waals surface area contributed by atoms with Gasteiger partial charge in [-0.15, -0.1) is 11.8 Å². The first kappa shape index (κ1) is 14.9. The van der Waals surface area contributed by atoms with E-state index in [1.807, 2.05) is 24.3 Å². The van der Waals surface area contributed by atoms with Crippen LogP contribution in [-0.2, 0) is 11.9 Å². The van der Waals surface area contributed by atoms with Gasteiger partial charge >= 0.3 is 6.18 Å². The van der Waals surface area contributed by atoms with Gasteiger partial charge in [0.1, 0.15) is 0 Å². The minimum atomic E-state index is -4.34. The second-order valence-electron chi connectivity index (χ2n) is 6.16. The van der Waals surface area contributed by atoms with Gasteiger partial charge in [-0.2, -0.15) is 13.2 Å². The van der Waals surface area contributed by atoms with Gasteiger partial charge in [0.25, 0.3) is 0 Å². The Hall–Kier alpha value is -2.40. The second kappa shape index (κ2) is 5.05. The van der Waals surface area contributed by atoms with Crippen LogP contribution in [0.3, 0.4) is 0 Å². The summed E-state index contributed by atoms with van der Waals surface area (Å²) in [6.45, 7) is 0. The molecule has 5 heteroatoms. The normalized spacial score (nSPS) is 13.9. The molecule has 0 spiro atoms. The van der Waals surface area contributed by atoms with E-state index in [-0.39, 0.29) is 0 Å². The van der Waals surface area contributed by atoms with Crippen LogP contribution < -0.4 is 0 Å². The number of hydrogen-bond acceptors (Lipinski definition) is 1. The number of hydrogen-bond donors (Lipinski definition) is 1. The molecule has 1 aromatic heterocycles. The highest BCUT2D eigenvalue weighted by Gasteiger charge is 2.36. The first-order chi connectivity index (χ1) is 12.0. The van der Waals surface area contributed by atoms with Crippen molar-refractivity contribution >= 4 is 33.4 Å². The minimum absolute atomic E-state index is 0.318. The lowest BCUT2D eigenvalue weighted by molar-refractivity contribution is -0.139. The summed E-state index contributed by atoms with van der Waals surface area (Å²) in [7, 11) is 0. The van der Waals surface area contributed by atoms with E-state index in [0.717, 1.165) is 39.0 Å². The first-order valence-corrected chi connectivity index (χ1v) is 8.88. The van der Waals surface area contributed by atoms with Gasteiger partial charge in [-0.1, -0.05) is 48.5 Å². The molecule has 4 aromatic rings. The maximum Gasteiger partial charge on any atom is 0.417 e. The lowest BCUT2D eigenvalue weighted by atomic mass is 10.0. The molecule has 0 bridgehead atoms. The minimum Gasteiger partial charge on any atom is -0.354 e. The standard InChI is InChI=1S/C20H12F3NS/c21-20(22,23)16-7-3-6-14-18-15(10-25-19(14)16)13-9-8-11-4-1-2-5-12(11)17(13)24-18/h1-9,24H,10H2. The molecule has 0 saturated heterocycles. The Morgan fingerprint density at radius 2 is 1.72 bits per heavy atom. The molecule has 124 valence electrons. The molecule has 5 rings (SSSR count). The average Bonchev–Trinajstić information content (AvgIpc) is 3.00. The largest absolute Gasteiger partial charge is 0.417 e. The van der Waals surface area contributed by atoms with Crippen LogP contribution in [0.4, 0.5) is 13.2 Å². The maximum absolute atomic E-state index is 13.3. The highest BCUT2D eigenvalue weighted by Crippen LogP contribution is 2.49. The van der Waals surface area contributed by atoms with Crippen LogP contribution in [0.5, 0.6) is 0 Å². The summed E-state index contributed by atoms with van der Waals surface area (Å²) in [6, 6.07) is 16.6. The van der Waals surface area contributed by atoms with Gasteiger partial charge in [0, 0.05) is 27.0 Å². The van der Waals surface area contributed by atoms with E-state index in [0.29, 0.717) is 16.2 Å². The van der Waals surface area contributed by atoms with Crippen LogP contribution in [0.1, 0.15) is 11.1 Å². The van der Waals surface area contributed by atoms with Crippen molar-refractivity contribution in [1.82, 2.24) is 4.98 Å². The van der Waals surface area contributed by atoms with Crippen molar-refractivity contribution in [2.24, 2.45) is 0 Å². The number of alkyl halides is 3. The van der Waals surface area contributed by atoms with Crippen molar-refractivity contribution in [2.45, 2.75) is 16.8 Å². The Bertz CT molecular complexity index is 1140. The van der Waals surface area contributed by atoms with Crippen LogP contribution in [0.25, 0.3) is 32.9 Å². The number of fused-ring (bicyclic) bond motifs is 7. The fraction of sp³-hybridized carbons (Fsp3) is 0.100. The summed E-state index contributed by atoms with van der Waals surface area (Å²) >= 11 is 1.27. The number of aromatic amines is 1. The highest BCUT2D eigenvalue weighted by molar-refractivity contribution is 7.98. The molecular formula is C20H12F3NS. The van der Waals surface area contributed by atoms with E-state index < -0.39 is 11.7 Å². The molecule has 0 fully saturated rings. The number of thioether (sulfide) groups is 1. The van der Waals surface area contributed by atoms with Crippen LogP contribution in [0.15, 0.2) is 59.5 Å². The second-order valence-corrected chi connectivity index (χ2v) is 7.14. The number of halogens is 3. The Balaban J connectivity index is 1.84. The predicted molar refractivity (Wildman–Crippen MR) is 95.8 cm³/mol. The third-order valence-electron chi connectivity index (χ3n) is 4.76. The molecule has 0 radical (unpaired) electrons. The molecule has 1 aliphatic rings. The monoisotopic (exact) mass is 355 g/mol. The van der Waals surface area contributed by atoms with Gasteiger partial charge in [0.2, 0.25) is 0 Å². The lowest BCUT2D eigenvalue weighted by Crippen LogP contribution is -2.09. The van der Waals surface area contributed by atoms with Gasteiger partial charge in [-0.05, 0) is 17.0 Å². The van der Waals surface area contributed by atoms with Gasteiger partial charge in [0.05, 0.1) is 16.8 Å². The fourth-order valence-corrected chi connectivity index (χ4v) is 4.88. The molecule has 0 atom stereocenters. The van der Waals surface area contributed by atoms with Crippen molar-refractivity contribution in [3.8, 4) is 11.3 Å². The highest BCUT2D eigenvalue weighted by atomic mass is 32.2. The number of nitrogens with one attached hydrogen (secondary N) is 1. The van der Waals surface area contributed by atoms with E-state index in [1.165, 1.54) is 17.8 Å². The van der Waals surface area contributed by atoms with Crippen molar-refractivity contribution < 1.29 is 13.2 Å². The number of H-pyrrole nitrogens is 1. The Morgan fingerprint density at radius 1 is 0.880 bits per heavy atom. The van der Waals surface area contributed by atoms with E-state index in [1.54, 1.807) is 6.07 Å². The van der Waals surface area contributed by atoms with E-state index in [2.05, 4.69) is 17.1 Å². The zero-order valence-electron chi connectivity index (χ0n) is 12.9. The third kappa shape index (κ3) is 2.12. The number of rotatable bonds is 0. The summed E-state index contributed by atoms with van der Waals surface area (Å²) < 4.78 is 40.0. The zero-order valence-corrected chi connectivity index (χ0v) is 13.8. The maximum atomic E-state index is 13.3. The summed E-state index contributed by atoms with van der Waals surface area (Å²) in [6.07, 6.45) is -4.34. The van der Waals surface area contributed by atoms with Crippen LogP contribution in [0, 0.1) is 0 Å². The molecule has 1 N–H and O–H groups in total. The first-order valence-electron chi connectivity index (χ1n) is 7.90. The van der Waals surface area contributed by atoms with Crippen molar-refractivity contribution in [3.63, 3.8) is 0 Å². The molecule has 0 aliphatic carbocycles. The third-order valence-corrected chi connectivity index (χ3v) is 5.92. The molecule has 0 amide bonds. The van der Waals surface area contributed by atoms with E-state index >= 15 is 0 Å².